The van der Waals surface area contributed by atoms with Gasteiger partial charge in [-0.1, -0.05) is 0 Å². The van der Waals surface area contributed by atoms with Gasteiger partial charge in [-0.05, 0) is 0 Å². The van der Waals surface area contributed by atoms with Gasteiger partial charge < -0.3 is 0 Å². The first-order valence-electron chi connectivity index (χ1n) is 0. The fraction of sp³-hybridized carbons (Fsp3) is 0. The van der Waals surface area contributed by atoms with Crippen molar-refractivity contribution in [2.45, 2.75) is 0 Å². The third-order valence-electron chi connectivity index (χ3n) is 0. The molecule has 0 saturated heterocycles. The SMILES string of the molecule is [B].[Ge].[N].[Te]. The van der Waals surface area contributed by atoms with E-state index < -0.39 is 0 Å². The molecule has 0 unspecified atom stereocenters. The van der Waals surface area contributed by atoms with Crippen molar-refractivity contribution in [3.63, 3.8) is 0 Å². The van der Waals surface area contributed by atoms with Crippen LogP contribution in [0.15, 0.2) is 0 Å². The quantitative estimate of drug-likeness (QED) is 0.443. The van der Waals surface area contributed by atoms with E-state index >= 15 is 0 Å². The van der Waals surface area contributed by atoms with Gasteiger partial charge in [-0.3, -0.25) is 0 Å². The van der Waals surface area contributed by atoms with Crippen LogP contribution in [0.1, 0.15) is 0 Å². The summed E-state index contributed by atoms with van der Waals surface area (Å²) in [7, 11) is 0. The van der Waals surface area contributed by atoms with E-state index in [1.165, 1.54) is 0 Å². The molecule has 0 amide bonds. The number of hydrogen-bond donors (Lipinski definition) is 0. The first-order valence-corrected chi connectivity index (χ1v) is 0. The monoisotopic (exact) mass is 229 g/mol. The average molecular weight is 225 g/mol. The van der Waals surface area contributed by atoms with E-state index in [1.807, 2.05) is 0 Å². The summed E-state index contributed by atoms with van der Waals surface area (Å²) in [5, 5.41) is 0. The fourth-order valence-corrected chi connectivity index (χ4v) is 0. The first kappa shape index (κ1) is 55.2. The van der Waals surface area contributed by atoms with Crippen LogP contribution in [0, 0.1) is 0 Å². The molecule has 0 aliphatic carbocycles. The van der Waals surface area contributed by atoms with Crippen molar-refractivity contribution in [1.29, 1.82) is 0 Å². The first-order chi connectivity index (χ1) is 0. The van der Waals surface area contributed by atoms with Crippen molar-refractivity contribution in [3.8, 4) is 0 Å². The van der Waals surface area contributed by atoms with E-state index in [0.717, 1.165) is 0 Å². The number of rotatable bonds is 0. The van der Waals surface area contributed by atoms with Crippen LogP contribution in [0.3, 0.4) is 0 Å². The minimum atomic E-state index is 0. The predicted octanol–water partition coefficient (Wildman–Crippen LogP) is -1.62. The standard InChI is InChI=1S/B.Ge.N.Te. The van der Waals surface area contributed by atoms with E-state index in [-0.39, 0.29) is 55.8 Å². The zero-order valence-electron chi connectivity index (χ0n) is 1.93. The third-order valence-corrected chi connectivity index (χ3v) is 0. The molecular weight excluding hydrogens is 225 g/mol. The molecule has 0 aromatic heterocycles. The molecule has 0 aromatic carbocycles. The predicted molar refractivity (Wildman–Crippen MR) is 19.4 cm³/mol. The Morgan fingerprint density at radius 2 is 1.00 bits per heavy atom. The molecule has 0 N–H and O–H groups in total. The van der Waals surface area contributed by atoms with Crippen LogP contribution >= 0.6 is 0 Å². The van der Waals surface area contributed by atoms with Crippen LogP contribution in [0.2, 0.25) is 0 Å². The molecule has 0 aliphatic rings. The summed E-state index contributed by atoms with van der Waals surface area (Å²) in [5.41, 5.74) is 0. The molecule has 0 atom stereocenters. The maximum Gasteiger partial charge on any atom is 0 e. The van der Waals surface area contributed by atoms with Gasteiger partial charge in [-0.2, -0.15) is 0 Å². The Balaban J connectivity index is 0. The van der Waals surface area contributed by atoms with Crippen LogP contribution in [0.5, 0.6) is 0 Å². The van der Waals surface area contributed by atoms with Gasteiger partial charge in [0.15, 0.2) is 0 Å². The molecule has 4 heavy (non-hydrogen) atoms. The van der Waals surface area contributed by atoms with Crippen LogP contribution in [0.25, 0.3) is 0 Å². The second-order valence-corrected chi connectivity index (χ2v) is 0. The van der Waals surface area contributed by atoms with Crippen molar-refractivity contribution in [2.75, 3.05) is 0 Å². The minimum absolute atomic E-state index is 0. The van der Waals surface area contributed by atoms with E-state index in [9.17, 15) is 0 Å². The molecule has 1 nitrogen and oxygen atoms in total. The largest absolute Gasteiger partial charge is 0 e. The van der Waals surface area contributed by atoms with Gasteiger partial charge in [-0.15, -0.1) is 0 Å². The number of nitrogens with zero attached hydrogens (tertiary/aromatic N) is 1. The Kier molecular flexibility index (Phi) is 368. The van der Waals surface area contributed by atoms with Crippen LogP contribution in [0.4, 0.5) is 0 Å². The van der Waals surface area contributed by atoms with Gasteiger partial charge in [0.05, 0.1) is 0 Å². The number of hydrogen-bond acceptors (Lipinski definition) is 0. The smallest absolute Gasteiger partial charge is 0 e. The molecule has 0 rings (SSSR count). The molecular formula is BGeNTe. The normalized spacial score (nSPS) is 0. The summed E-state index contributed by atoms with van der Waals surface area (Å²) in [6.07, 6.45) is 0. The molecule has 12 radical (unpaired) electrons. The summed E-state index contributed by atoms with van der Waals surface area (Å²) < 4.78 is 0. The van der Waals surface area contributed by atoms with Crippen LogP contribution in [-0.2, 0) is 0 Å². The molecule has 0 spiro atoms. The van der Waals surface area contributed by atoms with Gasteiger partial charge in [0.25, 0.3) is 0 Å². The van der Waals surface area contributed by atoms with Crippen LogP contribution < -0.4 is 6.15 Å². The second kappa shape index (κ2) is 26.7. The average Bonchev–Trinajstić information content (AvgIpc) is 0. The zero-order chi connectivity index (χ0) is 0. The summed E-state index contributed by atoms with van der Waals surface area (Å²) in [6, 6.07) is 0. The zero-order valence-corrected chi connectivity index (χ0v) is 6.36. The Bertz CT molecular complexity index is 8.00. The van der Waals surface area contributed by atoms with E-state index in [4.69, 9.17) is 0 Å². The van der Waals surface area contributed by atoms with Crippen LogP contribution in [-0.4, -0.2) is 49.7 Å². The maximum atomic E-state index is 0. The van der Waals surface area contributed by atoms with Gasteiger partial charge in [0.2, 0.25) is 0 Å². The van der Waals surface area contributed by atoms with Crippen molar-refractivity contribution < 1.29 is 0 Å². The summed E-state index contributed by atoms with van der Waals surface area (Å²) in [4.78, 5) is 0. The Morgan fingerprint density at radius 1 is 1.00 bits per heavy atom. The molecule has 0 saturated carbocycles. The second-order valence-electron chi connectivity index (χ2n) is 0. The molecule has 0 aliphatic heterocycles. The van der Waals surface area contributed by atoms with Gasteiger partial charge in [0, 0.05) is 55.8 Å². The topological polar surface area (TPSA) is 30.5 Å². The molecule has 0 aromatic rings. The van der Waals surface area contributed by atoms with Gasteiger partial charge in [-0.25, -0.2) is 0 Å². The molecule has 0 fully saturated rings. The molecule has 0 bridgehead atoms. The van der Waals surface area contributed by atoms with Crippen molar-refractivity contribution >= 4 is 49.7 Å². The van der Waals surface area contributed by atoms with E-state index in [1.54, 1.807) is 0 Å². The van der Waals surface area contributed by atoms with E-state index in [0.29, 0.717) is 0 Å². The van der Waals surface area contributed by atoms with E-state index in [2.05, 4.69) is 0 Å². The van der Waals surface area contributed by atoms with Gasteiger partial charge in [0.1, 0.15) is 0 Å². The minimum Gasteiger partial charge on any atom is 0 e. The molecule has 18 valence electrons. The summed E-state index contributed by atoms with van der Waals surface area (Å²) in [5.74, 6) is 0. The summed E-state index contributed by atoms with van der Waals surface area (Å²) >= 11 is 0. The Hall–Kier alpha value is 1.36. The van der Waals surface area contributed by atoms with Crippen molar-refractivity contribution in [3.05, 3.63) is 0 Å². The summed E-state index contributed by atoms with van der Waals surface area (Å²) in [6.45, 7) is 0. The van der Waals surface area contributed by atoms with Crippen molar-refractivity contribution in [2.24, 2.45) is 0 Å². The molecule has 4 heteroatoms. The van der Waals surface area contributed by atoms with Gasteiger partial charge >= 0.3 is 0 Å². The third kappa shape index (κ3) is 10.1. The fourth-order valence-electron chi connectivity index (χ4n) is 0. The maximum absolute atomic E-state index is 0. The molecule has 0 heterocycles. The Labute approximate surface area is 55.8 Å². The Morgan fingerprint density at radius 3 is 1.00 bits per heavy atom. The van der Waals surface area contributed by atoms with Crippen molar-refractivity contribution in [1.82, 2.24) is 6.15 Å².